The molecule has 1 aromatic heterocycles. The van der Waals surface area contributed by atoms with Crippen molar-refractivity contribution >= 4 is 11.8 Å². The van der Waals surface area contributed by atoms with Crippen LogP contribution < -0.4 is 5.32 Å². The SMILES string of the molecule is O=C(NCc1ccccc1)c1cn(CC2CCCN2C(=O)Cc2ccccc2F)nn1. The van der Waals surface area contributed by atoms with Crippen LogP contribution in [0.3, 0.4) is 0 Å². The number of halogens is 1. The van der Waals surface area contributed by atoms with E-state index in [9.17, 15) is 14.0 Å². The summed E-state index contributed by atoms with van der Waals surface area (Å²) in [6.45, 7) is 1.49. The van der Waals surface area contributed by atoms with Crippen LogP contribution in [0.15, 0.2) is 60.8 Å². The zero-order chi connectivity index (χ0) is 21.6. The molecule has 1 unspecified atom stereocenters. The number of nitrogens with zero attached hydrogens (tertiary/aromatic N) is 4. The largest absolute Gasteiger partial charge is 0.347 e. The van der Waals surface area contributed by atoms with E-state index in [0.717, 1.165) is 18.4 Å². The number of aromatic nitrogens is 3. The molecule has 2 aromatic carbocycles. The van der Waals surface area contributed by atoms with Crippen LogP contribution in [-0.2, 0) is 24.3 Å². The number of amides is 2. The average Bonchev–Trinajstić information content (AvgIpc) is 3.44. The fourth-order valence-corrected chi connectivity index (χ4v) is 3.84. The summed E-state index contributed by atoms with van der Waals surface area (Å²) in [4.78, 5) is 26.9. The molecule has 31 heavy (non-hydrogen) atoms. The smallest absolute Gasteiger partial charge is 0.273 e. The van der Waals surface area contributed by atoms with Gasteiger partial charge >= 0.3 is 0 Å². The van der Waals surface area contributed by atoms with Crippen LogP contribution in [0.25, 0.3) is 0 Å². The first-order valence-electron chi connectivity index (χ1n) is 10.4. The highest BCUT2D eigenvalue weighted by Crippen LogP contribution is 2.21. The van der Waals surface area contributed by atoms with E-state index in [1.807, 2.05) is 30.3 Å². The van der Waals surface area contributed by atoms with Crippen molar-refractivity contribution in [1.29, 1.82) is 0 Å². The first-order chi connectivity index (χ1) is 15.1. The van der Waals surface area contributed by atoms with Gasteiger partial charge in [0.15, 0.2) is 5.69 Å². The van der Waals surface area contributed by atoms with Crippen LogP contribution in [-0.4, -0.2) is 44.3 Å². The van der Waals surface area contributed by atoms with E-state index in [4.69, 9.17) is 0 Å². The summed E-state index contributed by atoms with van der Waals surface area (Å²) in [5.41, 5.74) is 1.63. The Hall–Kier alpha value is -3.55. The third-order valence-corrected chi connectivity index (χ3v) is 5.46. The van der Waals surface area contributed by atoms with Crippen molar-refractivity contribution in [2.75, 3.05) is 6.54 Å². The molecule has 1 atom stereocenters. The predicted octanol–water partition coefficient (Wildman–Crippen LogP) is 2.58. The predicted molar refractivity (Wildman–Crippen MR) is 112 cm³/mol. The lowest BCUT2D eigenvalue weighted by atomic mass is 10.1. The molecule has 0 spiro atoms. The molecule has 7 nitrogen and oxygen atoms in total. The maximum absolute atomic E-state index is 13.9. The second-order valence-corrected chi connectivity index (χ2v) is 7.65. The molecule has 1 aliphatic heterocycles. The van der Waals surface area contributed by atoms with Crippen molar-refractivity contribution in [2.45, 2.75) is 38.4 Å². The van der Waals surface area contributed by atoms with E-state index in [1.54, 1.807) is 34.0 Å². The molecule has 8 heteroatoms. The van der Waals surface area contributed by atoms with Crippen LogP contribution in [0.2, 0.25) is 0 Å². The number of likely N-dealkylation sites (tertiary alicyclic amines) is 1. The molecule has 2 heterocycles. The summed E-state index contributed by atoms with van der Waals surface area (Å²) in [5.74, 6) is -0.767. The molecule has 4 rings (SSSR count). The third kappa shape index (κ3) is 5.14. The topological polar surface area (TPSA) is 80.1 Å². The minimum Gasteiger partial charge on any atom is -0.347 e. The van der Waals surface area contributed by atoms with Crippen molar-refractivity contribution in [1.82, 2.24) is 25.2 Å². The zero-order valence-electron chi connectivity index (χ0n) is 17.1. The fourth-order valence-electron chi connectivity index (χ4n) is 3.84. The van der Waals surface area contributed by atoms with Gasteiger partial charge in [-0.2, -0.15) is 0 Å². The second-order valence-electron chi connectivity index (χ2n) is 7.65. The fraction of sp³-hybridized carbons (Fsp3) is 0.304. The molecule has 3 aromatic rings. The van der Waals surface area contributed by atoms with Gasteiger partial charge in [-0.1, -0.05) is 53.7 Å². The summed E-state index contributed by atoms with van der Waals surface area (Å²) in [5, 5.41) is 10.9. The van der Waals surface area contributed by atoms with E-state index in [0.29, 0.717) is 25.2 Å². The van der Waals surface area contributed by atoms with Gasteiger partial charge in [0.1, 0.15) is 5.82 Å². The Kier molecular flexibility index (Phi) is 6.35. The average molecular weight is 421 g/mol. The Balaban J connectivity index is 1.34. The van der Waals surface area contributed by atoms with Gasteiger partial charge in [0.25, 0.3) is 5.91 Å². The summed E-state index contributed by atoms with van der Waals surface area (Å²) in [7, 11) is 0. The van der Waals surface area contributed by atoms with Gasteiger partial charge in [-0.05, 0) is 30.0 Å². The molecule has 1 N–H and O–H groups in total. The van der Waals surface area contributed by atoms with Crippen LogP contribution in [0, 0.1) is 5.82 Å². The normalized spacial score (nSPS) is 15.8. The van der Waals surface area contributed by atoms with E-state index in [2.05, 4.69) is 15.6 Å². The maximum atomic E-state index is 13.9. The molecule has 0 radical (unpaired) electrons. The monoisotopic (exact) mass is 421 g/mol. The highest BCUT2D eigenvalue weighted by atomic mass is 19.1. The van der Waals surface area contributed by atoms with Gasteiger partial charge in [-0.15, -0.1) is 5.10 Å². The van der Waals surface area contributed by atoms with Gasteiger partial charge in [0.05, 0.1) is 25.2 Å². The molecule has 0 aliphatic carbocycles. The Bertz CT molecular complexity index is 1050. The molecular weight excluding hydrogens is 397 g/mol. The molecule has 1 saturated heterocycles. The minimum atomic E-state index is -0.367. The minimum absolute atomic E-state index is 0.0354. The Labute approximate surface area is 179 Å². The lowest BCUT2D eigenvalue weighted by molar-refractivity contribution is -0.131. The number of nitrogens with one attached hydrogen (secondary N) is 1. The van der Waals surface area contributed by atoms with Gasteiger partial charge < -0.3 is 10.2 Å². The quantitative estimate of drug-likeness (QED) is 0.636. The van der Waals surface area contributed by atoms with Crippen LogP contribution in [0.4, 0.5) is 4.39 Å². The van der Waals surface area contributed by atoms with Gasteiger partial charge in [0.2, 0.25) is 5.91 Å². The Morgan fingerprint density at radius 2 is 1.87 bits per heavy atom. The number of hydrogen-bond donors (Lipinski definition) is 1. The standard InChI is InChI=1S/C23H24FN5O2/c24-20-11-5-4-9-18(20)13-22(30)29-12-6-10-19(29)15-28-16-21(26-27-28)23(31)25-14-17-7-2-1-3-8-17/h1-5,7-9,11,16,19H,6,10,12-15H2,(H,25,31). The number of benzene rings is 2. The van der Waals surface area contributed by atoms with Crippen molar-refractivity contribution in [3.05, 3.63) is 83.4 Å². The summed E-state index contributed by atoms with van der Waals surface area (Å²) >= 11 is 0. The van der Waals surface area contributed by atoms with Gasteiger partial charge in [-0.25, -0.2) is 9.07 Å². The lowest BCUT2D eigenvalue weighted by Crippen LogP contribution is -2.39. The third-order valence-electron chi connectivity index (χ3n) is 5.46. The zero-order valence-corrected chi connectivity index (χ0v) is 17.1. The number of rotatable bonds is 7. The molecule has 160 valence electrons. The van der Waals surface area contributed by atoms with Crippen LogP contribution in [0.5, 0.6) is 0 Å². The highest BCUT2D eigenvalue weighted by Gasteiger charge is 2.29. The molecule has 1 aliphatic rings. The number of carbonyl (C=O) groups is 2. The van der Waals surface area contributed by atoms with Crippen LogP contribution >= 0.6 is 0 Å². The molecular formula is C23H24FN5O2. The van der Waals surface area contributed by atoms with Crippen molar-refractivity contribution < 1.29 is 14.0 Å². The van der Waals surface area contributed by atoms with Crippen LogP contribution in [0.1, 0.15) is 34.5 Å². The first-order valence-corrected chi connectivity index (χ1v) is 10.4. The summed E-state index contributed by atoms with van der Waals surface area (Å²) in [6, 6.07) is 15.9. The van der Waals surface area contributed by atoms with Crippen molar-refractivity contribution in [3.63, 3.8) is 0 Å². The van der Waals surface area contributed by atoms with E-state index in [-0.39, 0.29) is 35.8 Å². The van der Waals surface area contributed by atoms with Crippen molar-refractivity contribution in [3.8, 4) is 0 Å². The highest BCUT2D eigenvalue weighted by molar-refractivity contribution is 5.91. The van der Waals surface area contributed by atoms with Gasteiger partial charge in [0, 0.05) is 13.1 Å². The number of carbonyl (C=O) groups excluding carboxylic acids is 2. The van der Waals surface area contributed by atoms with E-state index >= 15 is 0 Å². The van der Waals surface area contributed by atoms with E-state index < -0.39 is 0 Å². The number of hydrogen-bond acceptors (Lipinski definition) is 4. The van der Waals surface area contributed by atoms with Crippen molar-refractivity contribution in [2.24, 2.45) is 0 Å². The Morgan fingerprint density at radius 3 is 2.68 bits per heavy atom. The maximum Gasteiger partial charge on any atom is 0.273 e. The second kappa shape index (κ2) is 9.51. The summed E-state index contributed by atoms with van der Waals surface area (Å²) in [6.07, 6.45) is 3.34. The molecule has 0 saturated carbocycles. The lowest BCUT2D eigenvalue weighted by Gasteiger charge is -2.24. The molecule has 1 fully saturated rings. The molecule has 2 amide bonds. The van der Waals surface area contributed by atoms with E-state index in [1.165, 1.54) is 6.07 Å². The molecule has 0 bridgehead atoms. The van der Waals surface area contributed by atoms with Gasteiger partial charge in [-0.3, -0.25) is 9.59 Å². The Morgan fingerprint density at radius 1 is 1.10 bits per heavy atom. The first kappa shape index (κ1) is 20.7. The summed E-state index contributed by atoms with van der Waals surface area (Å²) < 4.78 is 15.5.